The van der Waals surface area contributed by atoms with E-state index in [9.17, 15) is 8.78 Å². The van der Waals surface area contributed by atoms with Crippen molar-refractivity contribution < 1.29 is 8.78 Å². The van der Waals surface area contributed by atoms with Crippen molar-refractivity contribution in [2.24, 2.45) is 5.41 Å². The quantitative estimate of drug-likeness (QED) is 0.848. The molecule has 1 N–H and O–H groups in total. The zero-order valence-electron chi connectivity index (χ0n) is 11.8. The van der Waals surface area contributed by atoms with E-state index in [1.165, 1.54) is 37.8 Å². The lowest BCUT2D eigenvalue weighted by molar-refractivity contribution is 0.221. The molecule has 1 atom stereocenters. The van der Waals surface area contributed by atoms with E-state index in [2.05, 4.69) is 19.2 Å². The van der Waals surface area contributed by atoms with Crippen molar-refractivity contribution in [1.29, 1.82) is 0 Å². The monoisotopic (exact) mass is 267 g/mol. The van der Waals surface area contributed by atoms with E-state index < -0.39 is 11.6 Å². The highest BCUT2D eigenvalue weighted by molar-refractivity contribution is 5.19. The molecule has 1 aromatic carbocycles. The van der Waals surface area contributed by atoms with E-state index in [-0.39, 0.29) is 5.41 Å². The average molecular weight is 267 g/mol. The van der Waals surface area contributed by atoms with Crippen LogP contribution in [0, 0.1) is 17.0 Å². The molecule has 0 amide bonds. The summed E-state index contributed by atoms with van der Waals surface area (Å²) in [6.07, 6.45) is 5.61. The van der Waals surface area contributed by atoms with E-state index >= 15 is 0 Å². The highest BCUT2D eigenvalue weighted by atomic mass is 19.1. The second-order valence-electron chi connectivity index (χ2n) is 5.95. The van der Waals surface area contributed by atoms with Crippen molar-refractivity contribution in [3.63, 3.8) is 0 Å². The number of nitrogens with one attached hydrogen (secondary N) is 1. The van der Waals surface area contributed by atoms with Crippen molar-refractivity contribution in [3.8, 4) is 0 Å². The SMILES string of the molecule is CCNC(Cc1cc(F)cc(F)c1)C1(C)CCCC1. The first-order valence-corrected chi connectivity index (χ1v) is 7.22. The Hall–Kier alpha value is -0.960. The van der Waals surface area contributed by atoms with Gasteiger partial charge in [-0.05, 0) is 48.9 Å². The molecular formula is C16H23F2N. The van der Waals surface area contributed by atoms with Gasteiger partial charge in [0, 0.05) is 12.1 Å². The van der Waals surface area contributed by atoms with Crippen LogP contribution in [0.1, 0.15) is 45.1 Å². The predicted molar refractivity (Wildman–Crippen MR) is 74.1 cm³/mol. The highest BCUT2D eigenvalue weighted by Gasteiger charge is 2.36. The van der Waals surface area contributed by atoms with Crippen molar-refractivity contribution in [3.05, 3.63) is 35.4 Å². The molecule has 0 radical (unpaired) electrons. The van der Waals surface area contributed by atoms with Gasteiger partial charge in [0.05, 0.1) is 0 Å². The maximum atomic E-state index is 13.3. The second-order valence-corrected chi connectivity index (χ2v) is 5.95. The lowest BCUT2D eigenvalue weighted by Gasteiger charge is -2.35. The van der Waals surface area contributed by atoms with Gasteiger partial charge in [0.15, 0.2) is 0 Å². The standard InChI is InChI=1S/C16H23F2N/c1-3-19-15(16(2)6-4-5-7-16)10-12-8-13(17)11-14(18)9-12/h8-9,11,15,19H,3-7,10H2,1-2H3. The van der Waals surface area contributed by atoms with Crippen molar-refractivity contribution in [1.82, 2.24) is 5.32 Å². The van der Waals surface area contributed by atoms with Crippen LogP contribution in [0.4, 0.5) is 8.78 Å². The molecule has 1 saturated carbocycles. The van der Waals surface area contributed by atoms with E-state index in [0.717, 1.165) is 18.2 Å². The largest absolute Gasteiger partial charge is 0.313 e. The summed E-state index contributed by atoms with van der Waals surface area (Å²) in [6.45, 7) is 5.26. The fourth-order valence-electron chi connectivity index (χ4n) is 3.31. The molecule has 1 aliphatic carbocycles. The maximum absolute atomic E-state index is 13.3. The van der Waals surface area contributed by atoms with Crippen LogP contribution in [0.25, 0.3) is 0 Å². The van der Waals surface area contributed by atoms with Crippen LogP contribution in [-0.2, 0) is 6.42 Å². The molecule has 1 aromatic rings. The van der Waals surface area contributed by atoms with Gasteiger partial charge in [0.25, 0.3) is 0 Å². The minimum absolute atomic E-state index is 0.249. The van der Waals surface area contributed by atoms with Gasteiger partial charge in [-0.3, -0.25) is 0 Å². The Labute approximate surface area is 114 Å². The summed E-state index contributed by atoms with van der Waals surface area (Å²) in [6, 6.07) is 4.13. The number of halogens is 2. The Bertz CT molecular complexity index is 405. The summed E-state index contributed by atoms with van der Waals surface area (Å²) in [7, 11) is 0. The minimum atomic E-state index is -0.484. The molecule has 19 heavy (non-hydrogen) atoms. The molecule has 0 heterocycles. The van der Waals surface area contributed by atoms with Crippen LogP contribution in [0.5, 0.6) is 0 Å². The summed E-state index contributed by atoms with van der Waals surface area (Å²) >= 11 is 0. The number of hydrogen-bond donors (Lipinski definition) is 1. The van der Waals surface area contributed by atoms with E-state index in [1.54, 1.807) is 0 Å². The summed E-state index contributed by atoms with van der Waals surface area (Å²) in [5.74, 6) is -0.969. The molecule has 3 heteroatoms. The van der Waals surface area contributed by atoms with Gasteiger partial charge in [0.2, 0.25) is 0 Å². The predicted octanol–water partition coefficient (Wildman–Crippen LogP) is 4.07. The number of hydrogen-bond acceptors (Lipinski definition) is 1. The van der Waals surface area contributed by atoms with Crippen LogP contribution in [0.15, 0.2) is 18.2 Å². The van der Waals surface area contributed by atoms with Crippen LogP contribution >= 0.6 is 0 Å². The molecule has 0 aliphatic heterocycles. The Kier molecular flexibility index (Phi) is 4.56. The smallest absolute Gasteiger partial charge is 0.126 e. The van der Waals surface area contributed by atoms with Gasteiger partial charge in [0.1, 0.15) is 11.6 Å². The molecule has 2 rings (SSSR count). The molecule has 0 saturated heterocycles. The third kappa shape index (κ3) is 3.53. The first-order chi connectivity index (χ1) is 9.03. The van der Waals surface area contributed by atoms with Gasteiger partial charge in [-0.2, -0.15) is 0 Å². The molecule has 1 fully saturated rings. The molecule has 1 nitrogen and oxygen atoms in total. The first kappa shape index (κ1) is 14.4. The lowest BCUT2D eigenvalue weighted by Crippen LogP contribution is -2.43. The minimum Gasteiger partial charge on any atom is -0.313 e. The summed E-state index contributed by atoms with van der Waals surface area (Å²) in [4.78, 5) is 0. The normalized spacial score (nSPS) is 19.6. The molecule has 0 bridgehead atoms. The number of rotatable bonds is 5. The van der Waals surface area contributed by atoms with Crippen LogP contribution in [0.2, 0.25) is 0 Å². The average Bonchev–Trinajstić information content (AvgIpc) is 2.75. The van der Waals surface area contributed by atoms with E-state index in [0.29, 0.717) is 12.5 Å². The zero-order chi connectivity index (χ0) is 13.9. The Balaban J connectivity index is 2.15. The fourth-order valence-corrected chi connectivity index (χ4v) is 3.31. The maximum Gasteiger partial charge on any atom is 0.126 e. The van der Waals surface area contributed by atoms with Crippen LogP contribution in [-0.4, -0.2) is 12.6 Å². The van der Waals surface area contributed by atoms with Crippen molar-refractivity contribution in [2.45, 2.75) is 52.0 Å². The number of likely N-dealkylation sites (N-methyl/N-ethyl adjacent to an activating group) is 1. The highest BCUT2D eigenvalue weighted by Crippen LogP contribution is 2.41. The third-order valence-corrected chi connectivity index (χ3v) is 4.40. The summed E-state index contributed by atoms with van der Waals surface area (Å²) in [5, 5.41) is 3.51. The fraction of sp³-hybridized carbons (Fsp3) is 0.625. The topological polar surface area (TPSA) is 12.0 Å². The molecule has 1 unspecified atom stereocenters. The first-order valence-electron chi connectivity index (χ1n) is 7.22. The van der Waals surface area contributed by atoms with E-state index in [1.807, 2.05) is 0 Å². The van der Waals surface area contributed by atoms with Crippen LogP contribution < -0.4 is 5.32 Å². The molecule has 0 spiro atoms. The van der Waals surface area contributed by atoms with E-state index in [4.69, 9.17) is 0 Å². The van der Waals surface area contributed by atoms with Crippen molar-refractivity contribution >= 4 is 0 Å². The zero-order valence-corrected chi connectivity index (χ0v) is 11.8. The van der Waals surface area contributed by atoms with Gasteiger partial charge in [-0.1, -0.05) is 26.7 Å². The third-order valence-electron chi connectivity index (χ3n) is 4.40. The summed E-state index contributed by atoms with van der Waals surface area (Å²) < 4.78 is 26.6. The van der Waals surface area contributed by atoms with Gasteiger partial charge < -0.3 is 5.32 Å². The molecule has 1 aliphatic rings. The van der Waals surface area contributed by atoms with Gasteiger partial charge >= 0.3 is 0 Å². The molecule has 0 aromatic heterocycles. The second kappa shape index (κ2) is 6.00. The Morgan fingerprint density at radius 3 is 2.26 bits per heavy atom. The molecule has 106 valence electrons. The van der Waals surface area contributed by atoms with Crippen molar-refractivity contribution in [2.75, 3.05) is 6.54 Å². The van der Waals surface area contributed by atoms with Gasteiger partial charge in [-0.15, -0.1) is 0 Å². The Morgan fingerprint density at radius 1 is 1.16 bits per heavy atom. The van der Waals surface area contributed by atoms with Crippen LogP contribution in [0.3, 0.4) is 0 Å². The van der Waals surface area contributed by atoms with Gasteiger partial charge in [-0.25, -0.2) is 8.78 Å². The molecular weight excluding hydrogens is 244 g/mol. The lowest BCUT2D eigenvalue weighted by atomic mass is 9.78. The number of benzene rings is 1. The summed E-state index contributed by atoms with van der Waals surface area (Å²) in [5.41, 5.74) is 0.996. The Morgan fingerprint density at radius 2 is 1.74 bits per heavy atom.